The molecule has 0 atom stereocenters. The third-order valence-electron chi connectivity index (χ3n) is 1.55. The number of benzene rings is 1. The van der Waals surface area contributed by atoms with Gasteiger partial charge in [-0.2, -0.15) is 5.26 Å². The van der Waals surface area contributed by atoms with E-state index in [0.29, 0.717) is 5.56 Å². The third-order valence-corrected chi connectivity index (χ3v) is 1.80. The molecule has 1 aromatic carbocycles. The quantitative estimate of drug-likeness (QED) is 0.348. The molecule has 0 heterocycles. The van der Waals surface area contributed by atoms with E-state index in [0.717, 1.165) is 0 Å². The van der Waals surface area contributed by atoms with Crippen LogP contribution in [0.3, 0.4) is 0 Å². The SMILES string of the molecule is N#Cc1ccc(C(=O)C(Cl)=NO)cc1. The van der Waals surface area contributed by atoms with Gasteiger partial charge in [-0.25, -0.2) is 0 Å². The molecule has 0 unspecified atom stereocenters. The molecule has 0 bridgehead atoms. The minimum absolute atomic E-state index is 0.270. The Labute approximate surface area is 85.0 Å². The first-order valence-electron chi connectivity index (χ1n) is 3.61. The molecule has 1 N–H and O–H groups in total. The van der Waals surface area contributed by atoms with Crippen molar-refractivity contribution in [2.24, 2.45) is 5.16 Å². The fourth-order valence-corrected chi connectivity index (χ4v) is 0.970. The van der Waals surface area contributed by atoms with Crippen LogP contribution in [-0.2, 0) is 0 Å². The third kappa shape index (κ3) is 2.09. The van der Waals surface area contributed by atoms with Gasteiger partial charge in [0, 0.05) is 5.56 Å². The number of carbonyl (C=O) groups excluding carboxylic acids is 1. The van der Waals surface area contributed by atoms with Crippen LogP contribution in [0, 0.1) is 11.3 Å². The van der Waals surface area contributed by atoms with Gasteiger partial charge < -0.3 is 5.21 Å². The standard InChI is InChI=1S/C9H5ClN2O2/c10-9(12-14)8(13)7-3-1-6(5-11)2-4-7/h1-4,14H. The maximum atomic E-state index is 11.3. The average Bonchev–Trinajstić information content (AvgIpc) is 2.27. The van der Waals surface area contributed by atoms with E-state index in [1.165, 1.54) is 24.3 Å². The molecule has 0 aliphatic heterocycles. The van der Waals surface area contributed by atoms with Gasteiger partial charge in [0.05, 0.1) is 11.6 Å². The van der Waals surface area contributed by atoms with Gasteiger partial charge in [0.1, 0.15) is 0 Å². The maximum Gasteiger partial charge on any atom is 0.226 e. The summed E-state index contributed by atoms with van der Waals surface area (Å²) in [5.74, 6) is -0.585. The highest BCUT2D eigenvalue weighted by atomic mass is 35.5. The van der Waals surface area contributed by atoms with Crippen molar-refractivity contribution in [2.75, 3.05) is 0 Å². The lowest BCUT2D eigenvalue weighted by Crippen LogP contribution is -2.07. The molecule has 1 aromatic rings. The van der Waals surface area contributed by atoms with Crippen molar-refractivity contribution >= 4 is 22.6 Å². The number of oxime groups is 1. The van der Waals surface area contributed by atoms with Gasteiger partial charge in [-0.05, 0) is 24.3 Å². The Morgan fingerprint density at radius 1 is 1.43 bits per heavy atom. The van der Waals surface area contributed by atoms with Crippen molar-refractivity contribution in [2.45, 2.75) is 0 Å². The number of nitrogens with zero attached hydrogens (tertiary/aromatic N) is 2. The number of hydrogen-bond acceptors (Lipinski definition) is 4. The zero-order valence-corrected chi connectivity index (χ0v) is 7.69. The highest BCUT2D eigenvalue weighted by molar-refractivity contribution is 6.84. The van der Waals surface area contributed by atoms with E-state index in [1.54, 1.807) is 0 Å². The smallest absolute Gasteiger partial charge is 0.226 e. The molecule has 14 heavy (non-hydrogen) atoms. The molecule has 4 nitrogen and oxygen atoms in total. The van der Waals surface area contributed by atoms with Crippen LogP contribution < -0.4 is 0 Å². The van der Waals surface area contributed by atoms with Gasteiger partial charge >= 0.3 is 0 Å². The van der Waals surface area contributed by atoms with Gasteiger partial charge in [0.2, 0.25) is 11.0 Å². The lowest BCUT2D eigenvalue weighted by atomic mass is 10.1. The molecule has 70 valence electrons. The van der Waals surface area contributed by atoms with E-state index >= 15 is 0 Å². The summed E-state index contributed by atoms with van der Waals surface area (Å²) in [7, 11) is 0. The first kappa shape index (κ1) is 10.2. The number of hydrogen-bond donors (Lipinski definition) is 1. The molecule has 0 spiro atoms. The number of nitriles is 1. The van der Waals surface area contributed by atoms with E-state index in [1.807, 2.05) is 6.07 Å². The van der Waals surface area contributed by atoms with Crippen LogP contribution in [0.5, 0.6) is 0 Å². The van der Waals surface area contributed by atoms with Crippen molar-refractivity contribution in [3.8, 4) is 6.07 Å². The Bertz CT molecular complexity index is 417. The molecule has 0 saturated carbocycles. The molecule has 0 aliphatic carbocycles. The Morgan fingerprint density at radius 2 is 2.00 bits per heavy atom. The summed E-state index contributed by atoms with van der Waals surface area (Å²) >= 11 is 5.31. The first-order valence-corrected chi connectivity index (χ1v) is 3.99. The predicted octanol–water partition coefficient (Wildman–Crippen LogP) is 1.77. The molecule has 0 aromatic heterocycles. The number of rotatable bonds is 2. The molecule has 0 saturated heterocycles. The minimum Gasteiger partial charge on any atom is -0.410 e. The summed E-state index contributed by atoms with van der Waals surface area (Å²) < 4.78 is 0. The average molecular weight is 209 g/mol. The van der Waals surface area contributed by atoms with Crippen LogP contribution in [0.2, 0.25) is 0 Å². The fourth-order valence-electron chi connectivity index (χ4n) is 0.861. The van der Waals surface area contributed by atoms with Crippen molar-refractivity contribution in [1.29, 1.82) is 5.26 Å². The molecule has 5 heteroatoms. The molecular formula is C9H5ClN2O2. The Kier molecular flexibility index (Phi) is 3.21. The minimum atomic E-state index is -0.585. The summed E-state index contributed by atoms with van der Waals surface area (Å²) in [5, 5.41) is 18.8. The van der Waals surface area contributed by atoms with Gasteiger partial charge in [-0.1, -0.05) is 16.8 Å². The summed E-state index contributed by atoms with van der Waals surface area (Å²) in [6, 6.07) is 7.75. The topological polar surface area (TPSA) is 73.5 Å². The van der Waals surface area contributed by atoms with Gasteiger partial charge in [-0.3, -0.25) is 4.79 Å². The van der Waals surface area contributed by atoms with Gasteiger partial charge in [-0.15, -0.1) is 0 Å². The normalized spacial score (nSPS) is 10.7. The second kappa shape index (κ2) is 4.40. The summed E-state index contributed by atoms with van der Waals surface area (Å²) in [4.78, 5) is 11.3. The summed E-state index contributed by atoms with van der Waals surface area (Å²) in [5.41, 5.74) is 0.713. The summed E-state index contributed by atoms with van der Waals surface area (Å²) in [6.45, 7) is 0. The van der Waals surface area contributed by atoms with Crippen molar-refractivity contribution in [3.63, 3.8) is 0 Å². The molecule has 0 radical (unpaired) electrons. The van der Waals surface area contributed by atoms with E-state index in [4.69, 9.17) is 22.1 Å². The predicted molar refractivity (Wildman–Crippen MR) is 50.6 cm³/mol. The van der Waals surface area contributed by atoms with Crippen LogP contribution in [0.15, 0.2) is 29.4 Å². The fraction of sp³-hybridized carbons (Fsp3) is 0. The largest absolute Gasteiger partial charge is 0.410 e. The lowest BCUT2D eigenvalue weighted by molar-refractivity contribution is 0.106. The molecule has 0 amide bonds. The number of halogens is 1. The molecule has 0 fully saturated rings. The summed E-state index contributed by atoms with van der Waals surface area (Å²) in [6.07, 6.45) is 0. The Morgan fingerprint density at radius 3 is 2.43 bits per heavy atom. The first-order chi connectivity index (χ1) is 6.69. The molecule has 0 aliphatic rings. The number of Topliss-reactive ketones (excluding diaryl/α,β-unsaturated/α-hetero) is 1. The zero-order valence-electron chi connectivity index (χ0n) is 6.94. The maximum absolute atomic E-state index is 11.3. The molecular weight excluding hydrogens is 204 g/mol. The number of ketones is 1. The van der Waals surface area contributed by atoms with Crippen LogP contribution >= 0.6 is 11.6 Å². The monoisotopic (exact) mass is 208 g/mol. The van der Waals surface area contributed by atoms with Crippen LogP contribution in [-0.4, -0.2) is 16.2 Å². The van der Waals surface area contributed by atoms with E-state index < -0.39 is 11.0 Å². The van der Waals surface area contributed by atoms with Crippen molar-refractivity contribution < 1.29 is 10.0 Å². The Balaban J connectivity index is 3.00. The van der Waals surface area contributed by atoms with Gasteiger partial charge in [0.25, 0.3) is 0 Å². The van der Waals surface area contributed by atoms with Crippen LogP contribution in [0.4, 0.5) is 0 Å². The highest BCUT2D eigenvalue weighted by Gasteiger charge is 2.11. The second-order valence-electron chi connectivity index (χ2n) is 2.41. The zero-order chi connectivity index (χ0) is 10.6. The van der Waals surface area contributed by atoms with E-state index in [9.17, 15) is 4.79 Å². The van der Waals surface area contributed by atoms with Gasteiger partial charge in [0.15, 0.2) is 0 Å². The van der Waals surface area contributed by atoms with Crippen molar-refractivity contribution in [1.82, 2.24) is 0 Å². The highest BCUT2D eigenvalue weighted by Crippen LogP contribution is 2.06. The van der Waals surface area contributed by atoms with Crippen molar-refractivity contribution in [3.05, 3.63) is 35.4 Å². The molecule has 1 rings (SSSR count). The lowest BCUT2D eigenvalue weighted by Gasteiger charge is -1.96. The van der Waals surface area contributed by atoms with Crippen LogP contribution in [0.1, 0.15) is 15.9 Å². The van der Waals surface area contributed by atoms with E-state index in [2.05, 4.69) is 5.16 Å². The van der Waals surface area contributed by atoms with E-state index in [-0.39, 0.29) is 5.56 Å². The number of carbonyl (C=O) groups is 1. The van der Waals surface area contributed by atoms with Crippen LogP contribution in [0.25, 0.3) is 0 Å². The Hall–Kier alpha value is -1.86. The second-order valence-corrected chi connectivity index (χ2v) is 2.77.